The van der Waals surface area contributed by atoms with Gasteiger partial charge in [0.2, 0.25) is 0 Å². The van der Waals surface area contributed by atoms with Crippen molar-refractivity contribution < 1.29 is 38.1 Å². The molecule has 5 atom stereocenters. The molecule has 13 nitrogen and oxygen atoms in total. The van der Waals surface area contributed by atoms with E-state index in [2.05, 4.69) is 15.0 Å². The highest BCUT2D eigenvalue weighted by atomic mass is 35.5. The van der Waals surface area contributed by atoms with Gasteiger partial charge >= 0.3 is 17.9 Å². The van der Waals surface area contributed by atoms with Crippen LogP contribution in [-0.2, 0) is 33.3 Å². The van der Waals surface area contributed by atoms with Crippen molar-refractivity contribution in [3.05, 3.63) is 33.4 Å². The molecule has 1 aromatic heterocycles. The fourth-order valence-corrected chi connectivity index (χ4v) is 4.65. The number of aromatic nitrogens is 1. The van der Waals surface area contributed by atoms with Gasteiger partial charge in [-0.25, -0.2) is 4.98 Å². The maximum absolute atomic E-state index is 12.7. The van der Waals surface area contributed by atoms with Crippen LogP contribution in [0.25, 0.3) is 10.4 Å². The first-order valence-corrected chi connectivity index (χ1v) is 11.4. The molecule has 2 heterocycles. The van der Waals surface area contributed by atoms with Gasteiger partial charge in [0.15, 0.2) is 0 Å². The van der Waals surface area contributed by atoms with Crippen LogP contribution in [0.5, 0.6) is 0 Å². The van der Waals surface area contributed by atoms with Crippen molar-refractivity contribution in [1.29, 1.82) is 0 Å². The number of hydrogen-bond donors (Lipinski definition) is 0. The minimum absolute atomic E-state index is 0.0496. The Labute approximate surface area is 210 Å². The molecule has 1 aliphatic heterocycles. The van der Waals surface area contributed by atoms with Crippen LogP contribution in [0.15, 0.2) is 22.3 Å². The van der Waals surface area contributed by atoms with Gasteiger partial charge in [0.1, 0.15) is 42.1 Å². The van der Waals surface area contributed by atoms with Gasteiger partial charge in [0, 0.05) is 50.9 Å². The Kier molecular flexibility index (Phi) is 10.1. The number of rotatable bonds is 8. The molecule has 2 rings (SSSR count). The predicted octanol–water partition coefficient (Wildman–Crippen LogP) is 2.36. The molecule has 190 valence electrons. The summed E-state index contributed by atoms with van der Waals surface area (Å²) < 4.78 is 21.8. The molecule has 0 aliphatic carbocycles. The van der Waals surface area contributed by atoms with Gasteiger partial charge in [-0.3, -0.25) is 19.2 Å². The predicted molar refractivity (Wildman–Crippen MR) is 122 cm³/mol. The fourth-order valence-electron chi connectivity index (χ4n) is 3.18. The summed E-state index contributed by atoms with van der Waals surface area (Å²) in [5.74, 6) is -2.50. The summed E-state index contributed by atoms with van der Waals surface area (Å²) >= 11 is 7.03. The number of azide groups is 1. The highest BCUT2D eigenvalue weighted by molar-refractivity contribution is 8.00. The normalized spacial score (nSPS) is 23.4. The average molecular weight is 530 g/mol. The van der Waals surface area contributed by atoms with Gasteiger partial charge in [-0.15, -0.1) is 0 Å². The number of thioether (sulfide) groups is 1. The first-order chi connectivity index (χ1) is 16.4. The summed E-state index contributed by atoms with van der Waals surface area (Å²) in [6.07, 6.45) is -2.30. The zero-order valence-corrected chi connectivity index (χ0v) is 21.1. The highest BCUT2D eigenvalue weighted by Gasteiger charge is 2.50. The van der Waals surface area contributed by atoms with E-state index < -0.39 is 53.6 Å². The molecular weight excluding hydrogens is 506 g/mol. The molecule has 35 heavy (non-hydrogen) atoms. The highest BCUT2D eigenvalue weighted by Crippen LogP contribution is 2.39. The Morgan fingerprint density at radius 3 is 2.34 bits per heavy atom. The van der Waals surface area contributed by atoms with Crippen LogP contribution in [0.4, 0.5) is 0 Å². The number of esters is 3. The van der Waals surface area contributed by atoms with Crippen LogP contribution < -0.4 is 0 Å². The lowest BCUT2D eigenvalue weighted by Gasteiger charge is -2.43. The van der Waals surface area contributed by atoms with Crippen molar-refractivity contribution in [3.63, 3.8) is 0 Å². The maximum atomic E-state index is 12.7. The second-order valence-corrected chi connectivity index (χ2v) is 9.08. The van der Waals surface area contributed by atoms with Gasteiger partial charge in [-0.05, 0) is 11.6 Å². The molecule has 3 unspecified atom stereocenters. The molecule has 1 amide bonds. The Bertz CT molecular complexity index is 1030. The Hall–Kier alpha value is -3.06. The van der Waals surface area contributed by atoms with Gasteiger partial charge in [-0.1, -0.05) is 28.5 Å². The van der Waals surface area contributed by atoms with E-state index in [4.69, 9.17) is 30.5 Å². The lowest BCUT2D eigenvalue weighted by Crippen LogP contribution is -2.59. The van der Waals surface area contributed by atoms with Crippen LogP contribution in [-0.4, -0.2) is 84.2 Å². The SMILES string of the molecule is CC(=O)OCC1O[C@H](Sc2cc(Cl)cnc2C(=O)N(C)C)C(OC(C)=O)C(N=[N+]=[N-])[C@H]1OC(C)=O. The second kappa shape index (κ2) is 12.6. The number of carbonyl (C=O) groups is 4. The third kappa shape index (κ3) is 7.72. The molecule has 0 N–H and O–H groups in total. The van der Waals surface area contributed by atoms with Crippen molar-refractivity contribution >= 4 is 47.2 Å². The number of ether oxygens (including phenoxy) is 4. The summed E-state index contributed by atoms with van der Waals surface area (Å²) in [5, 5.41) is 3.93. The minimum atomic E-state index is -1.26. The third-order valence-electron chi connectivity index (χ3n) is 4.53. The number of pyridine rings is 1. The van der Waals surface area contributed by atoms with E-state index in [1.807, 2.05) is 0 Å². The number of nitrogens with zero attached hydrogens (tertiary/aromatic N) is 5. The van der Waals surface area contributed by atoms with Gasteiger partial charge in [-0.2, -0.15) is 0 Å². The van der Waals surface area contributed by atoms with Crippen molar-refractivity contribution in [2.24, 2.45) is 5.11 Å². The molecule has 0 aromatic carbocycles. The second-order valence-electron chi connectivity index (χ2n) is 7.51. The zero-order valence-electron chi connectivity index (χ0n) is 19.5. The standard InChI is InChI=1S/C20H24ClN5O8S/c1-9(27)31-8-13-17(32-10(2)28)16(24-25-22)18(33-11(3)29)20(34-13)35-14-6-12(21)7-23-15(14)19(30)26(4)5/h6-7,13,16-18,20H,8H2,1-5H3/t13?,16?,17-,18?,20+/m0/s1. The van der Waals surface area contributed by atoms with Gasteiger partial charge < -0.3 is 23.8 Å². The monoisotopic (exact) mass is 529 g/mol. The molecule has 0 saturated carbocycles. The maximum Gasteiger partial charge on any atom is 0.303 e. The smallest absolute Gasteiger partial charge is 0.303 e. The largest absolute Gasteiger partial charge is 0.463 e. The van der Waals surface area contributed by atoms with E-state index in [0.29, 0.717) is 0 Å². The summed E-state index contributed by atoms with van der Waals surface area (Å²) in [6, 6.07) is 0.228. The lowest BCUT2D eigenvalue weighted by molar-refractivity contribution is -0.201. The molecule has 0 bridgehead atoms. The Balaban J connectivity index is 2.57. The number of hydrogen-bond acceptors (Lipinski definition) is 11. The third-order valence-corrected chi connectivity index (χ3v) is 5.91. The Morgan fingerprint density at radius 1 is 1.17 bits per heavy atom. The van der Waals surface area contributed by atoms with Crippen molar-refractivity contribution in [3.8, 4) is 0 Å². The van der Waals surface area contributed by atoms with E-state index in [9.17, 15) is 24.7 Å². The lowest BCUT2D eigenvalue weighted by atomic mass is 9.97. The molecule has 0 radical (unpaired) electrons. The van der Waals surface area contributed by atoms with Gasteiger partial charge in [0.05, 0.1) is 5.02 Å². The first kappa shape index (κ1) is 28.2. The molecule has 1 aromatic rings. The fraction of sp³-hybridized carbons (Fsp3) is 0.550. The Morgan fingerprint density at radius 2 is 1.80 bits per heavy atom. The zero-order chi connectivity index (χ0) is 26.3. The van der Waals surface area contributed by atoms with Gasteiger partial charge in [0.25, 0.3) is 5.91 Å². The summed E-state index contributed by atoms with van der Waals surface area (Å²) in [7, 11) is 3.09. The van der Waals surface area contributed by atoms with E-state index in [1.54, 1.807) is 14.1 Å². The summed E-state index contributed by atoms with van der Waals surface area (Å²) in [5.41, 5.74) is 8.13. The quantitative estimate of drug-likeness (QED) is 0.160. The van der Waals surface area contributed by atoms with Crippen molar-refractivity contribution in [2.75, 3.05) is 20.7 Å². The minimum Gasteiger partial charge on any atom is -0.463 e. The molecule has 1 fully saturated rings. The summed E-state index contributed by atoms with van der Waals surface area (Å²) in [4.78, 5) is 56.3. The van der Waals surface area contributed by atoms with Crippen LogP contribution in [0.2, 0.25) is 5.02 Å². The van der Waals surface area contributed by atoms with Crippen molar-refractivity contribution in [2.45, 2.75) is 55.5 Å². The number of carbonyl (C=O) groups excluding carboxylic acids is 4. The first-order valence-electron chi connectivity index (χ1n) is 10.2. The number of halogens is 1. The van der Waals surface area contributed by atoms with E-state index in [1.165, 1.54) is 24.1 Å². The van der Waals surface area contributed by atoms with E-state index >= 15 is 0 Å². The van der Waals surface area contributed by atoms with Crippen LogP contribution >= 0.6 is 23.4 Å². The average Bonchev–Trinajstić information content (AvgIpc) is 2.75. The van der Waals surface area contributed by atoms with Crippen molar-refractivity contribution in [1.82, 2.24) is 9.88 Å². The summed E-state index contributed by atoms with van der Waals surface area (Å²) in [6.45, 7) is 3.10. The van der Waals surface area contributed by atoms with Crippen LogP contribution in [0, 0.1) is 0 Å². The molecule has 0 spiro atoms. The van der Waals surface area contributed by atoms with Crippen LogP contribution in [0.1, 0.15) is 31.3 Å². The number of amides is 1. The molecule has 1 aliphatic rings. The topological polar surface area (TPSA) is 170 Å². The van der Waals surface area contributed by atoms with Crippen LogP contribution in [0.3, 0.4) is 0 Å². The molecule has 15 heteroatoms. The molecule has 1 saturated heterocycles. The van der Waals surface area contributed by atoms with E-state index in [0.717, 1.165) is 25.6 Å². The molecular formula is C20H24ClN5O8S. The van der Waals surface area contributed by atoms with E-state index in [-0.39, 0.29) is 22.2 Å².